The van der Waals surface area contributed by atoms with Gasteiger partial charge >= 0.3 is 11.3 Å². The van der Waals surface area contributed by atoms with E-state index in [1.807, 2.05) is 36.4 Å². The van der Waals surface area contributed by atoms with Gasteiger partial charge in [0.1, 0.15) is 11.2 Å². The molecule has 6 heteroatoms. The summed E-state index contributed by atoms with van der Waals surface area (Å²) >= 11 is 0. The van der Waals surface area contributed by atoms with Crippen molar-refractivity contribution in [3.8, 4) is 0 Å². The average Bonchev–Trinajstić information content (AvgIpc) is 2.82. The molecule has 0 N–H and O–H groups in total. The highest BCUT2D eigenvalue weighted by Crippen LogP contribution is 2.21. The second-order valence-electron chi connectivity index (χ2n) is 7.14. The Morgan fingerprint density at radius 3 is 1.41 bits per heavy atom. The lowest BCUT2D eigenvalue weighted by molar-refractivity contribution is 0.561. The standard InChI is InChI=1S/C26H16N2O4/c29-25-11-5-19-13-21(7-9-23(19)31-25)27-15-17-1-2-18(4-3-17)16-28-22-8-10-24-20(14-22)6-12-26(30)32-24/h1-16H. The van der Waals surface area contributed by atoms with Gasteiger partial charge in [0.05, 0.1) is 11.4 Å². The molecule has 0 aliphatic carbocycles. The highest BCUT2D eigenvalue weighted by molar-refractivity contribution is 5.88. The molecule has 154 valence electrons. The van der Waals surface area contributed by atoms with Crippen LogP contribution in [0.15, 0.2) is 113 Å². The summed E-state index contributed by atoms with van der Waals surface area (Å²) in [4.78, 5) is 31.6. The monoisotopic (exact) mass is 420 g/mol. The Hall–Kier alpha value is -4.58. The van der Waals surface area contributed by atoms with Crippen LogP contribution in [0.3, 0.4) is 0 Å². The van der Waals surface area contributed by atoms with Crippen LogP contribution in [0.5, 0.6) is 0 Å². The maximum atomic E-state index is 11.3. The first-order valence-electron chi connectivity index (χ1n) is 9.88. The quantitative estimate of drug-likeness (QED) is 0.288. The molecule has 3 aromatic carbocycles. The Morgan fingerprint density at radius 1 is 0.531 bits per heavy atom. The second-order valence-corrected chi connectivity index (χ2v) is 7.14. The van der Waals surface area contributed by atoms with Crippen molar-refractivity contribution in [1.82, 2.24) is 0 Å². The summed E-state index contributed by atoms with van der Waals surface area (Å²) in [7, 11) is 0. The van der Waals surface area contributed by atoms with Gasteiger partial charge in [-0.05, 0) is 59.7 Å². The fourth-order valence-electron chi connectivity index (χ4n) is 3.25. The minimum Gasteiger partial charge on any atom is -0.423 e. The normalized spacial score (nSPS) is 11.8. The first kappa shape index (κ1) is 19.4. The number of nitrogens with zero attached hydrogens (tertiary/aromatic N) is 2. The molecular formula is C26H16N2O4. The molecule has 6 nitrogen and oxygen atoms in total. The predicted molar refractivity (Wildman–Crippen MR) is 126 cm³/mol. The van der Waals surface area contributed by atoms with Crippen molar-refractivity contribution in [1.29, 1.82) is 0 Å². The molecule has 0 aliphatic rings. The maximum Gasteiger partial charge on any atom is 0.336 e. The highest BCUT2D eigenvalue weighted by atomic mass is 16.4. The topological polar surface area (TPSA) is 85.1 Å². The molecule has 0 amide bonds. The number of fused-ring (bicyclic) bond motifs is 2. The van der Waals surface area contributed by atoms with Gasteiger partial charge in [-0.3, -0.25) is 9.98 Å². The third-order valence-electron chi connectivity index (χ3n) is 4.87. The van der Waals surface area contributed by atoms with Gasteiger partial charge in [0, 0.05) is 35.3 Å². The number of hydrogen-bond acceptors (Lipinski definition) is 6. The molecule has 0 radical (unpaired) electrons. The van der Waals surface area contributed by atoms with Gasteiger partial charge in [-0.2, -0.15) is 0 Å². The fourth-order valence-corrected chi connectivity index (χ4v) is 3.25. The highest BCUT2D eigenvalue weighted by Gasteiger charge is 2.00. The van der Waals surface area contributed by atoms with Gasteiger partial charge < -0.3 is 8.83 Å². The van der Waals surface area contributed by atoms with Crippen LogP contribution in [0.4, 0.5) is 11.4 Å². The zero-order chi connectivity index (χ0) is 21.9. The lowest BCUT2D eigenvalue weighted by atomic mass is 10.1. The Kier molecular flexibility index (Phi) is 5.01. The summed E-state index contributed by atoms with van der Waals surface area (Å²) in [5.74, 6) is 0. The Labute approximate surface area is 181 Å². The third-order valence-corrected chi connectivity index (χ3v) is 4.87. The van der Waals surface area contributed by atoms with Gasteiger partial charge in [-0.25, -0.2) is 9.59 Å². The van der Waals surface area contributed by atoms with E-state index in [-0.39, 0.29) is 11.3 Å². The molecule has 5 rings (SSSR count). The number of aliphatic imine (C=N–C) groups is 2. The van der Waals surface area contributed by atoms with Crippen molar-refractivity contribution < 1.29 is 8.83 Å². The fraction of sp³-hybridized carbons (Fsp3) is 0. The zero-order valence-electron chi connectivity index (χ0n) is 16.8. The van der Waals surface area contributed by atoms with E-state index in [4.69, 9.17) is 8.83 Å². The third kappa shape index (κ3) is 4.29. The summed E-state index contributed by atoms with van der Waals surface area (Å²) < 4.78 is 10.3. The van der Waals surface area contributed by atoms with E-state index in [1.54, 1.807) is 48.8 Å². The van der Waals surface area contributed by atoms with Crippen molar-refractivity contribution >= 4 is 45.7 Å². The molecule has 0 aliphatic heterocycles. The van der Waals surface area contributed by atoms with Gasteiger partial charge in [0.2, 0.25) is 0 Å². The molecule has 0 saturated carbocycles. The molecule has 0 atom stereocenters. The lowest BCUT2D eigenvalue weighted by Crippen LogP contribution is -1.93. The maximum absolute atomic E-state index is 11.3. The van der Waals surface area contributed by atoms with Crippen LogP contribution in [0.25, 0.3) is 21.9 Å². The van der Waals surface area contributed by atoms with Crippen molar-refractivity contribution in [3.05, 3.63) is 117 Å². The van der Waals surface area contributed by atoms with Crippen LogP contribution in [0.1, 0.15) is 11.1 Å². The van der Waals surface area contributed by atoms with E-state index in [0.717, 1.165) is 33.3 Å². The molecule has 32 heavy (non-hydrogen) atoms. The van der Waals surface area contributed by atoms with E-state index in [9.17, 15) is 9.59 Å². The van der Waals surface area contributed by atoms with Crippen LogP contribution in [0.2, 0.25) is 0 Å². The summed E-state index contributed by atoms with van der Waals surface area (Å²) in [6, 6.07) is 24.9. The Morgan fingerprint density at radius 2 is 0.969 bits per heavy atom. The second kappa shape index (κ2) is 8.28. The van der Waals surface area contributed by atoms with Gasteiger partial charge in [0.15, 0.2) is 0 Å². The number of hydrogen-bond donors (Lipinski definition) is 0. The van der Waals surface area contributed by atoms with Crippen LogP contribution >= 0.6 is 0 Å². The zero-order valence-corrected chi connectivity index (χ0v) is 16.8. The van der Waals surface area contributed by atoms with Crippen LogP contribution < -0.4 is 11.3 Å². The van der Waals surface area contributed by atoms with Gasteiger partial charge in [-0.15, -0.1) is 0 Å². The van der Waals surface area contributed by atoms with Crippen molar-refractivity contribution in [2.75, 3.05) is 0 Å². The van der Waals surface area contributed by atoms with Crippen LogP contribution in [-0.2, 0) is 0 Å². The first-order chi connectivity index (χ1) is 15.6. The lowest BCUT2D eigenvalue weighted by Gasteiger charge is -1.99. The summed E-state index contributed by atoms with van der Waals surface area (Å²) in [5, 5.41) is 1.64. The van der Waals surface area contributed by atoms with Gasteiger partial charge in [0.25, 0.3) is 0 Å². The SMILES string of the molecule is O=c1ccc2cc(N=Cc3ccc(C=Nc4ccc5oc(=O)ccc5c4)cc3)ccc2o1. The summed E-state index contributed by atoms with van der Waals surface area (Å²) in [6.07, 6.45) is 3.55. The molecule has 0 bridgehead atoms. The Balaban J connectivity index is 1.30. The van der Waals surface area contributed by atoms with E-state index in [1.165, 1.54) is 12.1 Å². The number of benzene rings is 3. The minimum absolute atomic E-state index is 0.369. The van der Waals surface area contributed by atoms with E-state index < -0.39 is 0 Å². The molecule has 0 spiro atoms. The Bertz CT molecular complexity index is 1490. The van der Waals surface area contributed by atoms with E-state index >= 15 is 0 Å². The van der Waals surface area contributed by atoms with Crippen molar-refractivity contribution in [3.63, 3.8) is 0 Å². The molecule has 0 fully saturated rings. The van der Waals surface area contributed by atoms with Gasteiger partial charge in [-0.1, -0.05) is 24.3 Å². The van der Waals surface area contributed by atoms with Crippen molar-refractivity contribution in [2.24, 2.45) is 9.98 Å². The smallest absolute Gasteiger partial charge is 0.336 e. The molecular weight excluding hydrogens is 404 g/mol. The molecule has 2 heterocycles. The predicted octanol–water partition coefficient (Wildman–Crippen LogP) is 5.40. The molecule has 0 unspecified atom stereocenters. The molecule has 0 saturated heterocycles. The van der Waals surface area contributed by atoms with E-state index in [2.05, 4.69) is 9.98 Å². The average molecular weight is 420 g/mol. The van der Waals surface area contributed by atoms with Crippen molar-refractivity contribution in [2.45, 2.75) is 0 Å². The number of rotatable bonds is 4. The largest absolute Gasteiger partial charge is 0.423 e. The van der Waals surface area contributed by atoms with E-state index in [0.29, 0.717) is 11.2 Å². The minimum atomic E-state index is -0.369. The first-order valence-corrected chi connectivity index (χ1v) is 9.88. The molecule has 2 aromatic heterocycles. The summed E-state index contributed by atoms with van der Waals surface area (Å²) in [5.41, 5.74) is 3.77. The van der Waals surface area contributed by atoms with Crippen LogP contribution in [0, 0.1) is 0 Å². The summed E-state index contributed by atoms with van der Waals surface area (Å²) in [6.45, 7) is 0. The van der Waals surface area contributed by atoms with Crippen LogP contribution in [-0.4, -0.2) is 12.4 Å². The molecule has 5 aromatic rings.